The van der Waals surface area contributed by atoms with Crippen LogP contribution >= 0.6 is 0 Å². The zero-order valence-electron chi connectivity index (χ0n) is 9.05. The first-order chi connectivity index (χ1) is 6.32. The van der Waals surface area contributed by atoms with Crippen LogP contribution < -0.4 is 5.11 Å². The molecule has 0 saturated carbocycles. The third-order valence-electron chi connectivity index (χ3n) is 2.20. The number of hydrogen-bond acceptors (Lipinski definition) is 2. The summed E-state index contributed by atoms with van der Waals surface area (Å²) in [5.41, 5.74) is 1.90. The van der Waals surface area contributed by atoms with Crippen molar-refractivity contribution in [3.05, 3.63) is 34.9 Å². The minimum atomic E-state index is -1.10. The van der Waals surface area contributed by atoms with Gasteiger partial charge in [-0.15, -0.1) is 0 Å². The lowest BCUT2D eigenvalue weighted by atomic mass is 9.83. The summed E-state index contributed by atoms with van der Waals surface area (Å²) in [4.78, 5) is 10.9. The quantitative estimate of drug-likeness (QED) is 0.677. The Hall–Kier alpha value is -1.31. The van der Waals surface area contributed by atoms with Crippen LogP contribution in [0.3, 0.4) is 0 Å². The van der Waals surface area contributed by atoms with E-state index < -0.39 is 5.97 Å². The molecule has 0 heterocycles. The molecule has 1 rings (SSSR count). The number of benzene rings is 1. The summed E-state index contributed by atoms with van der Waals surface area (Å²) >= 11 is 0. The second kappa shape index (κ2) is 3.45. The highest BCUT2D eigenvalue weighted by atomic mass is 16.4. The Kier molecular flexibility index (Phi) is 2.65. The van der Waals surface area contributed by atoms with Crippen LogP contribution in [-0.2, 0) is 5.41 Å². The predicted octanol–water partition coefficient (Wildman–Crippen LogP) is 1.66. The largest absolute Gasteiger partial charge is 0.545 e. The van der Waals surface area contributed by atoms with Crippen LogP contribution in [0.5, 0.6) is 0 Å². The molecule has 0 saturated heterocycles. The molecule has 14 heavy (non-hydrogen) atoms. The first kappa shape index (κ1) is 10.8. The molecular formula is C12H15O2-. The zero-order valence-corrected chi connectivity index (χ0v) is 9.05. The zero-order chi connectivity index (χ0) is 10.9. The van der Waals surface area contributed by atoms with E-state index in [4.69, 9.17) is 0 Å². The van der Waals surface area contributed by atoms with Gasteiger partial charge in [-0.2, -0.15) is 0 Å². The lowest BCUT2D eigenvalue weighted by molar-refractivity contribution is -0.255. The Bertz CT molecular complexity index is 359. The summed E-state index contributed by atoms with van der Waals surface area (Å²) in [6.07, 6.45) is 0. The van der Waals surface area contributed by atoms with Crippen LogP contribution in [0.15, 0.2) is 18.2 Å². The van der Waals surface area contributed by atoms with Gasteiger partial charge in [0.2, 0.25) is 0 Å². The smallest absolute Gasteiger partial charge is 0.0718 e. The third-order valence-corrected chi connectivity index (χ3v) is 2.20. The minimum absolute atomic E-state index is 0.164. The van der Waals surface area contributed by atoms with E-state index in [1.54, 1.807) is 6.07 Å². The number of hydrogen-bond donors (Lipinski definition) is 0. The number of carboxylic acid groups (broad SMARTS) is 1. The molecule has 0 aromatic heterocycles. The van der Waals surface area contributed by atoms with E-state index in [9.17, 15) is 9.90 Å². The molecule has 76 valence electrons. The van der Waals surface area contributed by atoms with Gasteiger partial charge in [-0.1, -0.05) is 38.5 Å². The fourth-order valence-corrected chi connectivity index (χ4v) is 1.48. The maximum atomic E-state index is 10.9. The number of rotatable bonds is 1. The molecule has 0 N–H and O–H groups in total. The molecule has 0 unspecified atom stereocenters. The first-order valence-corrected chi connectivity index (χ1v) is 4.65. The molecular weight excluding hydrogens is 176 g/mol. The van der Waals surface area contributed by atoms with Crippen LogP contribution in [-0.4, -0.2) is 5.97 Å². The van der Waals surface area contributed by atoms with Gasteiger partial charge in [0.25, 0.3) is 0 Å². The third kappa shape index (κ3) is 2.13. The Labute approximate surface area is 84.6 Å². The minimum Gasteiger partial charge on any atom is -0.545 e. The number of carbonyl (C=O) groups excluding carboxylic acids is 1. The summed E-state index contributed by atoms with van der Waals surface area (Å²) in [5.74, 6) is -1.10. The molecule has 0 aliphatic carbocycles. The summed E-state index contributed by atoms with van der Waals surface area (Å²) in [7, 11) is 0. The van der Waals surface area contributed by atoms with E-state index in [0.717, 1.165) is 11.1 Å². The first-order valence-electron chi connectivity index (χ1n) is 4.65. The molecule has 2 nitrogen and oxygen atoms in total. The van der Waals surface area contributed by atoms with E-state index in [1.165, 1.54) is 0 Å². The van der Waals surface area contributed by atoms with Gasteiger partial charge in [0.05, 0.1) is 5.97 Å². The maximum Gasteiger partial charge on any atom is 0.0718 e. The average molecular weight is 191 g/mol. The van der Waals surface area contributed by atoms with Crippen LogP contribution in [0, 0.1) is 6.92 Å². The molecule has 2 heteroatoms. The number of carboxylic acids is 1. The lowest BCUT2D eigenvalue weighted by Crippen LogP contribution is -2.27. The predicted molar refractivity (Wildman–Crippen MR) is 54.2 cm³/mol. The summed E-state index contributed by atoms with van der Waals surface area (Å²) in [5, 5.41) is 10.9. The van der Waals surface area contributed by atoms with Crippen LogP contribution in [0.4, 0.5) is 0 Å². The highest BCUT2D eigenvalue weighted by molar-refractivity contribution is 5.88. The second-order valence-corrected chi connectivity index (χ2v) is 4.59. The molecule has 0 aliphatic rings. The van der Waals surface area contributed by atoms with Gasteiger partial charge in [-0.3, -0.25) is 0 Å². The van der Waals surface area contributed by atoms with Crippen molar-refractivity contribution in [2.75, 3.05) is 0 Å². The van der Waals surface area contributed by atoms with E-state index in [2.05, 4.69) is 0 Å². The average Bonchev–Trinajstić information content (AvgIpc) is 2.01. The van der Waals surface area contributed by atoms with E-state index >= 15 is 0 Å². The molecule has 0 fully saturated rings. The van der Waals surface area contributed by atoms with E-state index in [1.807, 2.05) is 39.8 Å². The number of aromatic carboxylic acids is 1. The lowest BCUT2D eigenvalue weighted by Gasteiger charge is -2.23. The van der Waals surface area contributed by atoms with Gasteiger partial charge in [0.1, 0.15) is 0 Å². The fraction of sp³-hybridized carbons (Fsp3) is 0.417. The summed E-state index contributed by atoms with van der Waals surface area (Å²) < 4.78 is 0. The van der Waals surface area contributed by atoms with Gasteiger partial charge in [0.15, 0.2) is 0 Å². The topological polar surface area (TPSA) is 40.1 Å². The van der Waals surface area contributed by atoms with Gasteiger partial charge in [-0.05, 0) is 24.0 Å². The van der Waals surface area contributed by atoms with Crippen LogP contribution in [0.2, 0.25) is 0 Å². The summed E-state index contributed by atoms with van der Waals surface area (Å²) in [6, 6.07) is 5.45. The Balaban J connectivity index is 3.37. The number of aryl methyl sites for hydroxylation is 1. The SMILES string of the molecule is Cc1ccc(C(C)(C)C)c(C(=O)[O-])c1. The molecule has 0 bridgehead atoms. The Morgan fingerprint density at radius 1 is 1.29 bits per heavy atom. The molecule has 0 radical (unpaired) electrons. The van der Waals surface area contributed by atoms with Gasteiger partial charge >= 0.3 is 0 Å². The molecule has 1 aromatic rings. The van der Waals surface area contributed by atoms with Gasteiger partial charge < -0.3 is 9.90 Å². The maximum absolute atomic E-state index is 10.9. The van der Waals surface area contributed by atoms with Crippen molar-refractivity contribution in [2.45, 2.75) is 33.1 Å². The van der Waals surface area contributed by atoms with Crippen molar-refractivity contribution in [3.8, 4) is 0 Å². The Morgan fingerprint density at radius 2 is 1.86 bits per heavy atom. The van der Waals surface area contributed by atoms with Gasteiger partial charge in [0, 0.05) is 5.56 Å². The van der Waals surface area contributed by atoms with Crippen molar-refractivity contribution in [2.24, 2.45) is 0 Å². The van der Waals surface area contributed by atoms with E-state index in [-0.39, 0.29) is 5.41 Å². The van der Waals surface area contributed by atoms with Crippen molar-refractivity contribution in [1.82, 2.24) is 0 Å². The van der Waals surface area contributed by atoms with Crippen molar-refractivity contribution >= 4 is 5.97 Å². The fourth-order valence-electron chi connectivity index (χ4n) is 1.48. The van der Waals surface area contributed by atoms with Gasteiger partial charge in [-0.25, -0.2) is 0 Å². The van der Waals surface area contributed by atoms with Crippen molar-refractivity contribution in [1.29, 1.82) is 0 Å². The van der Waals surface area contributed by atoms with Crippen LogP contribution in [0.25, 0.3) is 0 Å². The highest BCUT2D eigenvalue weighted by Gasteiger charge is 2.17. The Morgan fingerprint density at radius 3 is 2.29 bits per heavy atom. The molecule has 0 aliphatic heterocycles. The van der Waals surface area contributed by atoms with Crippen molar-refractivity contribution < 1.29 is 9.90 Å². The second-order valence-electron chi connectivity index (χ2n) is 4.59. The monoisotopic (exact) mass is 191 g/mol. The normalized spacial score (nSPS) is 11.4. The molecule has 0 amide bonds. The van der Waals surface area contributed by atoms with Crippen molar-refractivity contribution in [3.63, 3.8) is 0 Å². The van der Waals surface area contributed by atoms with E-state index in [0.29, 0.717) is 5.56 Å². The summed E-state index contributed by atoms with van der Waals surface area (Å²) in [6.45, 7) is 7.84. The molecule has 0 spiro atoms. The molecule has 1 aromatic carbocycles. The highest BCUT2D eigenvalue weighted by Crippen LogP contribution is 2.26. The molecule has 0 atom stereocenters. The standard InChI is InChI=1S/C12H16O2/c1-8-5-6-10(12(2,3)4)9(7-8)11(13)14/h5-7H,1-4H3,(H,13,14)/p-1. The number of carbonyl (C=O) groups is 1. The van der Waals surface area contributed by atoms with Crippen LogP contribution in [0.1, 0.15) is 42.3 Å².